The molecule has 0 saturated heterocycles. The van der Waals surface area contributed by atoms with Gasteiger partial charge in [-0.25, -0.2) is 14.6 Å². The van der Waals surface area contributed by atoms with Crippen LogP contribution in [-0.2, 0) is 9.47 Å². The third-order valence-electron chi connectivity index (χ3n) is 3.22. The molecule has 0 aromatic carbocycles. The number of halogens is 1. The fourth-order valence-electron chi connectivity index (χ4n) is 2.18. The summed E-state index contributed by atoms with van der Waals surface area (Å²) in [6, 6.07) is 3.04. The molecule has 0 unspecified atom stereocenters. The second kappa shape index (κ2) is 8.57. The average Bonchev–Trinajstić information content (AvgIpc) is 2.61. The normalized spacial score (nSPS) is 10.2. The Labute approximate surface area is 153 Å². The van der Waals surface area contributed by atoms with E-state index in [1.807, 2.05) is 0 Å². The van der Waals surface area contributed by atoms with Gasteiger partial charge >= 0.3 is 11.9 Å². The van der Waals surface area contributed by atoms with Crippen LogP contribution in [-0.4, -0.2) is 42.2 Å². The van der Waals surface area contributed by atoms with E-state index >= 15 is 0 Å². The van der Waals surface area contributed by atoms with Crippen LogP contribution in [0.15, 0.2) is 29.1 Å². The standard InChI is InChI=1S/C17H17BrN2O5/c1-4-24-16(21)10-6-7-19-9-12(10)13-8-11(17(22)25-5-2)14(23-3)15(18)20-13/h6-9H,4-5H2,1-3H3. The van der Waals surface area contributed by atoms with E-state index in [1.165, 1.54) is 31.6 Å². The highest BCUT2D eigenvalue weighted by atomic mass is 79.9. The van der Waals surface area contributed by atoms with Gasteiger partial charge in [0.1, 0.15) is 10.2 Å². The molecule has 2 aromatic rings. The molecule has 0 amide bonds. The first-order valence-corrected chi connectivity index (χ1v) is 8.35. The zero-order valence-corrected chi connectivity index (χ0v) is 15.6. The van der Waals surface area contributed by atoms with E-state index in [4.69, 9.17) is 14.2 Å². The summed E-state index contributed by atoms with van der Waals surface area (Å²) in [6.45, 7) is 3.90. The minimum Gasteiger partial charge on any atom is -0.493 e. The second-order valence-corrected chi connectivity index (χ2v) is 5.49. The van der Waals surface area contributed by atoms with Crippen LogP contribution in [0, 0.1) is 0 Å². The first kappa shape index (κ1) is 18.9. The number of carbonyl (C=O) groups is 2. The van der Waals surface area contributed by atoms with Crippen LogP contribution in [0.1, 0.15) is 34.6 Å². The summed E-state index contributed by atoms with van der Waals surface area (Å²) in [6.07, 6.45) is 2.98. The molecule has 0 bridgehead atoms. The van der Waals surface area contributed by atoms with Gasteiger partial charge in [-0.1, -0.05) is 0 Å². The van der Waals surface area contributed by atoms with Gasteiger partial charge in [0.05, 0.1) is 31.6 Å². The highest BCUT2D eigenvalue weighted by molar-refractivity contribution is 9.10. The third-order valence-corrected chi connectivity index (χ3v) is 3.76. The van der Waals surface area contributed by atoms with E-state index in [0.717, 1.165) is 0 Å². The number of pyridine rings is 2. The summed E-state index contributed by atoms with van der Waals surface area (Å²) in [7, 11) is 1.43. The zero-order valence-electron chi connectivity index (χ0n) is 14.0. The fourth-order valence-corrected chi connectivity index (χ4v) is 2.75. The Hall–Kier alpha value is -2.48. The zero-order chi connectivity index (χ0) is 18.4. The van der Waals surface area contributed by atoms with E-state index in [2.05, 4.69) is 25.9 Å². The van der Waals surface area contributed by atoms with Gasteiger partial charge in [-0.05, 0) is 41.9 Å². The van der Waals surface area contributed by atoms with Crippen molar-refractivity contribution >= 4 is 27.9 Å². The molecule has 132 valence electrons. The van der Waals surface area contributed by atoms with E-state index in [0.29, 0.717) is 21.4 Å². The largest absolute Gasteiger partial charge is 0.493 e. The molecule has 2 heterocycles. The average molecular weight is 409 g/mol. The Morgan fingerprint density at radius 2 is 1.76 bits per heavy atom. The van der Waals surface area contributed by atoms with Crippen molar-refractivity contribution < 1.29 is 23.8 Å². The van der Waals surface area contributed by atoms with Crippen molar-refractivity contribution in [3.63, 3.8) is 0 Å². The van der Waals surface area contributed by atoms with Gasteiger partial charge in [-0.3, -0.25) is 4.98 Å². The van der Waals surface area contributed by atoms with E-state index in [9.17, 15) is 9.59 Å². The minimum atomic E-state index is -0.551. The number of carbonyl (C=O) groups excluding carboxylic acids is 2. The lowest BCUT2D eigenvalue weighted by Gasteiger charge is -2.13. The lowest BCUT2D eigenvalue weighted by Crippen LogP contribution is -2.10. The van der Waals surface area contributed by atoms with E-state index in [1.54, 1.807) is 13.8 Å². The fraction of sp³-hybridized carbons (Fsp3) is 0.294. The van der Waals surface area contributed by atoms with Crippen molar-refractivity contribution in [3.05, 3.63) is 40.3 Å². The summed E-state index contributed by atoms with van der Waals surface area (Å²) in [5.41, 5.74) is 1.30. The highest BCUT2D eigenvalue weighted by Crippen LogP contribution is 2.33. The second-order valence-electron chi connectivity index (χ2n) is 4.74. The van der Waals surface area contributed by atoms with Gasteiger partial charge in [0.25, 0.3) is 0 Å². The molecule has 0 saturated carbocycles. The van der Waals surface area contributed by atoms with Crippen molar-refractivity contribution in [2.75, 3.05) is 20.3 Å². The monoisotopic (exact) mass is 408 g/mol. The molecule has 0 fully saturated rings. The molecular formula is C17H17BrN2O5. The minimum absolute atomic E-state index is 0.194. The van der Waals surface area contributed by atoms with Gasteiger partial charge in [0.2, 0.25) is 0 Å². The summed E-state index contributed by atoms with van der Waals surface area (Å²) in [5, 5.41) is 0. The highest BCUT2D eigenvalue weighted by Gasteiger charge is 2.22. The maximum absolute atomic E-state index is 12.2. The van der Waals surface area contributed by atoms with Crippen LogP contribution < -0.4 is 4.74 Å². The first-order valence-electron chi connectivity index (χ1n) is 7.56. The van der Waals surface area contributed by atoms with Crippen LogP contribution >= 0.6 is 15.9 Å². The molecule has 0 N–H and O–H groups in total. The van der Waals surface area contributed by atoms with Crippen LogP contribution in [0.4, 0.5) is 0 Å². The smallest absolute Gasteiger partial charge is 0.342 e. The predicted octanol–water partition coefficient (Wildman–Crippen LogP) is 3.27. The third kappa shape index (κ3) is 4.14. The molecule has 0 spiro atoms. The summed E-state index contributed by atoms with van der Waals surface area (Å²) in [5.74, 6) is -0.791. The van der Waals surface area contributed by atoms with Crippen molar-refractivity contribution in [1.29, 1.82) is 0 Å². The molecule has 0 atom stereocenters. The Morgan fingerprint density at radius 1 is 1.12 bits per heavy atom. The Balaban J connectivity index is 2.61. The van der Waals surface area contributed by atoms with Crippen LogP contribution in [0.25, 0.3) is 11.3 Å². The predicted molar refractivity (Wildman–Crippen MR) is 93.6 cm³/mol. The van der Waals surface area contributed by atoms with Gasteiger partial charge in [-0.15, -0.1) is 0 Å². The maximum atomic E-state index is 12.2. The van der Waals surface area contributed by atoms with Crippen LogP contribution in [0.2, 0.25) is 0 Å². The lowest BCUT2D eigenvalue weighted by molar-refractivity contribution is 0.0515. The molecular weight excluding hydrogens is 392 g/mol. The molecule has 0 aliphatic rings. The number of aromatic nitrogens is 2. The van der Waals surface area contributed by atoms with Gasteiger partial charge in [0.15, 0.2) is 5.75 Å². The molecule has 25 heavy (non-hydrogen) atoms. The number of hydrogen-bond acceptors (Lipinski definition) is 7. The van der Waals surface area contributed by atoms with Crippen LogP contribution in [0.3, 0.4) is 0 Å². The number of hydrogen-bond donors (Lipinski definition) is 0. The van der Waals surface area contributed by atoms with Gasteiger partial charge in [-0.2, -0.15) is 0 Å². The summed E-state index contributed by atoms with van der Waals surface area (Å²) in [4.78, 5) is 32.8. The molecule has 2 rings (SSSR count). The lowest BCUT2D eigenvalue weighted by atomic mass is 10.0. The topological polar surface area (TPSA) is 87.6 Å². The molecule has 2 aromatic heterocycles. The number of rotatable bonds is 6. The maximum Gasteiger partial charge on any atom is 0.342 e. The quantitative estimate of drug-likeness (QED) is 0.535. The Kier molecular flexibility index (Phi) is 6.46. The first-order chi connectivity index (χ1) is 12.0. The van der Waals surface area contributed by atoms with Crippen molar-refractivity contribution in [2.45, 2.75) is 13.8 Å². The number of methoxy groups -OCH3 is 1. The number of esters is 2. The van der Waals surface area contributed by atoms with Crippen LogP contribution in [0.5, 0.6) is 5.75 Å². The van der Waals surface area contributed by atoms with Crippen molar-refractivity contribution in [1.82, 2.24) is 9.97 Å². The van der Waals surface area contributed by atoms with Gasteiger partial charge in [0, 0.05) is 18.0 Å². The van der Waals surface area contributed by atoms with E-state index in [-0.39, 0.29) is 24.5 Å². The molecule has 0 aliphatic heterocycles. The summed E-state index contributed by atoms with van der Waals surface area (Å²) >= 11 is 3.29. The molecule has 0 aliphatic carbocycles. The van der Waals surface area contributed by atoms with Crippen molar-refractivity contribution in [2.24, 2.45) is 0 Å². The van der Waals surface area contributed by atoms with Gasteiger partial charge < -0.3 is 14.2 Å². The molecule has 8 heteroatoms. The Morgan fingerprint density at radius 3 is 2.36 bits per heavy atom. The summed E-state index contributed by atoms with van der Waals surface area (Å²) < 4.78 is 15.7. The van der Waals surface area contributed by atoms with Crippen molar-refractivity contribution in [3.8, 4) is 17.0 Å². The number of ether oxygens (including phenoxy) is 3. The Bertz CT molecular complexity index is 795. The van der Waals surface area contributed by atoms with E-state index < -0.39 is 11.9 Å². The number of nitrogens with zero attached hydrogens (tertiary/aromatic N) is 2. The SMILES string of the molecule is CCOC(=O)c1ccncc1-c1cc(C(=O)OCC)c(OC)c(Br)n1. The molecule has 0 radical (unpaired) electrons. The molecule has 7 nitrogen and oxygen atoms in total.